The Morgan fingerprint density at radius 1 is 1.19 bits per heavy atom. The normalized spacial score (nSPS) is 15.6. The second kappa shape index (κ2) is 8.54. The molecule has 1 heterocycles. The Kier molecular flexibility index (Phi) is 6.62. The van der Waals surface area contributed by atoms with Crippen LogP contribution in [0.2, 0.25) is 0 Å². The molecule has 0 atom stereocenters. The van der Waals surface area contributed by atoms with Gasteiger partial charge in [0.1, 0.15) is 0 Å². The van der Waals surface area contributed by atoms with Gasteiger partial charge in [0.2, 0.25) is 11.8 Å². The Balaban J connectivity index is 1.97. The molecule has 0 bridgehead atoms. The Morgan fingerprint density at radius 3 is 2.33 bits per heavy atom. The average Bonchev–Trinajstić information content (AvgIpc) is 2.60. The lowest BCUT2D eigenvalue weighted by atomic mass is 9.90. The third-order valence-electron chi connectivity index (χ3n) is 4.44. The lowest BCUT2D eigenvalue weighted by Gasteiger charge is -2.35. The number of benzene rings is 1. The van der Waals surface area contributed by atoms with Crippen LogP contribution in [0.5, 0.6) is 11.5 Å². The molecule has 0 unspecified atom stereocenters. The Bertz CT molecular complexity index is 681. The van der Waals surface area contributed by atoms with Crippen molar-refractivity contribution in [2.45, 2.75) is 40.2 Å². The first-order valence-electron chi connectivity index (χ1n) is 8.85. The number of nitrogens with one attached hydrogen (secondary N) is 1. The zero-order valence-electron chi connectivity index (χ0n) is 16.1. The van der Waals surface area contributed by atoms with E-state index < -0.39 is 12.0 Å². The Morgan fingerprint density at radius 2 is 1.81 bits per heavy atom. The van der Waals surface area contributed by atoms with Crippen molar-refractivity contribution in [2.75, 3.05) is 25.5 Å². The number of halogens is 2. The number of rotatable bonds is 5. The molecule has 1 aromatic rings. The molecule has 150 valence electrons. The van der Waals surface area contributed by atoms with E-state index in [2.05, 4.69) is 10.1 Å². The second-order valence-electron chi connectivity index (χ2n) is 7.55. The quantitative estimate of drug-likeness (QED) is 0.843. The number of likely N-dealkylation sites (tertiary alicyclic amines) is 1. The summed E-state index contributed by atoms with van der Waals surface area (Å²) in [6.07, 6.45) is 1.12. The van der Waals surface area contributed by atoms with Crippen LogP contribution in [-0.2, 0) is 9.59 Å². The number of carbonyl (C=O) groups is 2. The van der Waals surface area contributed by atoms with Gasteiger partial charge in [0.15, 0.2) is 11.5 Å². The number of carbonyl (C=O) groups excluding carboxylic acids is 2. The number of anilines is 1. The predicted molar refractivity (Wildman–Crippen MR) is 97.0 cm³/mol. The number of hydrogen-bond acceptors (Lipinski definition) is 4. The van der Waals surface area contributed by atoms with Crippen LogP contribution in [-0.4, -0.2) is 43.5 Å². The molecule has 0 aromatic heterocycles. The Hall–Kier alpha value is -2.38. The minimum absolute atomic E-state index is 0.0744. The molecule has 1 fully saturated rings. The van der Waals surface area contributed by atoms with E-state index in [4.69, 9.17) is 4.74 Å². The first-order valence-corrected chi connectivity index (χ1v) is 8.85. The minimum atomic E-state index is -2.99. The van der Waals surface area contributed by atoms with Gasteiger partial charge in [0.05, 0.1) is 7.11 Å². The number of alkyl halides is 2. The van der Waals surface area contributed by atoms with E-state index in [0.29, 0.717) is 31.6 Å². The largest absolute Gasteiger partial charge is 0.493 e. The molecule has 0 aliphatic carbocycles. The van der Waals surface area contributed by atoms with Crippen molar-refractivity contribution in [1.29, 1.82) is 0 Å². The molecule has 0 spiro atoms. The van der Waals surface area contributed by atoms with Crippen LogP contribution in [0.25, 0.3) is 0 Å². The minimum Gasteiger partial charge on any atom is -0.493 e. The van der Waals surface area contributed by atoms with Gasteiger partial charge in [-0.1, -0.05) is 20.8 Å². The number of ether oxygens (including phenoxy) is 2. The van der Waals surface area contributed by atoms with Crippen molar-refractivity contribution in [3.63, 3.8) is 0 Å². The molecule has 0 radical (unpaired) electrons. The molecular formula is C19H26F2N2O4. The summed E-state index contributed by atoms with van der Waals surface area (Å²) in [4.78, 5) is 26.6. The summed E-state index contributed by atoms with van der Waals surface area (Å²) in [5, 5.41) is 2.73. The van der Waals surface area contributed by atoms with E-state index in [9.17, 15) is 18.4 Å². The zero-order chi connectivity index (χ0) is 20.2. The smallest absolute Gasteiger partial charge is 0.387 e. The van der Waals surface area contributed by atoms with E-state index in [1.807, 2.05) is 20.8 Å². The van der Waals surface area contributed by atoms with Crippen molar-refractivity contribution < 1.29 is 27.8 Å². The maximum absolute atomic E-state index is 12.5. The van der Waals surface area contributed by atoms with Crippen LogP contribution in [0.3, 0.4) is 0 Å². The van der Waals surface area contributed by atoms with Gasteiger partial charge in [0.25, 0.3) is 0 Å². The van der Waals surface area contributed by atoms with Gasteiger partial charge in [-0.25, -0.2) is 0 Å². The number of methoxy groups -OCH3 is 1. The summed E-state index contributed by atoms with van der Waals surface area (Å²) in [5.41, 5.74) is -0.0936. The maximum atomic E-state index is 12.5. The molecule has 1 N–H and O–H groups in total. The first-order chi connectivity index (χ1) is 12.6. The van der Waals surface area contributed by atoms with Gasteiger partial charge in [0, 0.05) is 36.2 Å². The predicted octanol–water partition coefficient (Wildman–Crippen LogP) is 3.52. The molecule has 1 aromatic carbocycles. The van der Waals surface area contributed by atoms with E-state index in [0.717, 1.165) is 0 Å². The molecule has 6 nitrogen and oxygen atoms in total. The average molecular weight is 384 g/mol. The van der Waals surface area contributed by atoms with E-state index in [1.165, 1.54) is 19.2 Å². The molecule has 2 rings (SSSR count). The van der Waals surface area contributed by atoms with Crippen LogP contribution in [0.4, 0.5) is 14.5 Å². The van der Waals surface area contributed by atoms with Crippen LogP contribution < -0.4 is 14.8 Å². The highest BCUT2D eigenvalue weighted by Crippen LogP contribution is 2.32. The van der Waals surface area contributed by atoms with Crippen LogP contribution in [0.15, 0.2) is 18.2 Å². The highest BCUT2D eigenvalue weighted by Gasteiger charge is 2.32. The van der Waals surface area contributed by atoms with E-state index in [-0.39, 0.29) is 29.2 Å². The lowest BCUT2D eigenvalue weighted by molar-refractivity contribution is -0.142. The highest BCUT2D eigenvalue weighted by molar-refractivity contribution is 5.93. The highest BCUT2D eigenvalue weighted by atomic mass is 19.3. The van der Waals surface area contributed by atoms with Gasteiger partial charge < -0.3 is 19.7 Å². The SMILES string of the molecule is COc1ccc(NC(=O)C2CCN(C(=O)C(C)(C)C)CC2)cc1OC(F)F. The van der Waals surface area contributed by atoms with Crippen LogP contribution in [0.1, 0.15) is 33.6 Å². The van der Waals surface area contributed by atoms with Gasteiger partial charge in [-0.15, -0.1) is 0 Å². The van der Waals surface area contributed by atoms with Crippen molar-refractivity contribution >= 4 is 17.5 Å². The maximum Gasteiger partial charge on any atom is 0.387 e. The first kappa shape index (κ1) is 20.9. The van der Waals surface area contributed by atoms with E-state index >= 15 is 0 Å². The third kappa shape index (κ3) is 5.55. The third-order valence-corrected chi connectivity index (χ3v) is 4.44. The summed E-state index contributed by atoms with van der Waals surface area (Å²) < 4.78 is 34.4. The van der Waals surface area contributed by atoms with Crippen molar-refractivity contribution in [3.8, 4) is 11.5 Å². The van der Waals surface area contributed by atoms with Crippen molar-refractivity contribution in [3.05, 3.63) is 18.2 Å². The summed E-state index contributed by atoms with van der Waals surface area (Å²) in [5.74, 6) is -0.356. The molecule has 27 heavy (non-hydrogen) atoms. The molecular weight excluding hydrogens is 358 g/mol. The fourth-order valence-electron chi connectivity index (χ4n) is 3.01. The topological polar surface area (TPSA) is 67.9 Å². The van der Waals surface area contributed by atoms with Crippen LogP contribution >= 0.6 is 0 Å². The molecule has 8 heteroatoms. The summed E-state index contributed by atoms with van der Waals surface area (Å²) in [6, 6.07) is 4.33. The monoisotopic (exact) mass is 384 g/mol. The molecule has 1 aliphatic heterocycles. The number of amides is 2. The number of nitrogens with zero attached hydrogens (tertiary/aromatic N) is 1. The molecule has 1 saturated heterocycles. The van der Waals surface area contributed by atoms with Gasteiger partial charge >= 0.3 is 6.61 Å². The van der Waals surface area contributed by atoms with E-state index in [1.54, 1.807) is 11.0 Å². The van der Waals surface area contributed by atoms with Crippen LogP contribution in [0, 0.1) is 11.3 Å². The molecule has 2 amide bonds. The van der Waals surface area contributed by atoms with Gasteiger partial charge in [-0.2, -0.15) is 8.78 Å². The number of hydrogen-bond donors (Lipinski definition) is 1. The summed E-state index contributed by atoms with van der Waals surface area (Å²) in [7, 11) is 1.35. The van der Waals surface area contributed by atoms with Gasteiger partial charge in [-0.05, 0) is 25.0 Å². The van der Waals surface area contributed by atoms with Crippen molar-refractivity contribution in [1.82, 2.24) is 4.90 Å². The fourth-order valence-corrected chi connectivity index (χ4v) is 3.01. The zero-order valence-corrected chi connectivity index (χ0v) is 16.1. The summed E-state index contributed by atoms with van der Waals surface area (Å²) in [6.45, 7) is 3.67. The van der Waals surface area contributed by atoms with Crippen molar-refractivity contribution in [2.24, 2.45) is 11.3 Å². The summed E-state index contributed by atoms with van der Waals surface area (Å²) >= 11 is 0. The molecule has 1 aliphatic rings. The Labute approximate surface area is 157 Å². The number of piperidine rings is 1. The van der Waals surface area contributed by atoms with Gasteiger partial charge in [-0.3, -0.25) is 9.59 Å². The standard InChI is InChI=1S/C19H26F2N2O4/c1-19(2,3)17(25)23-9-7-12(8-10-23)16(24)22-13-5-6-14(26-4)15(11-13)27-18(20)21/h5-6,11-12,18H,7-10H2,1-4H3,(H,22,24). The lowest BCUT2D eigenvalue weighted by Crippen LogP contribution is -2.45. The fraction of sp³-hybridized carbons (Fsp3) is 0.579. The molecule has 0 saturated carbocycles. The second-order valence-corrected chi connectivity index (χ2v) is 7.55.